The van der Waals surface area contributed by atoms with Crippen LogP contribution in [0.3, 0.4) is 0 Å². The van der Waals surface area contributed by atoms with Crippen LogP contribution in [-0.2, 0) is 13.5 Å². The summed E-state index contributed by atoms with van der Waals surface area (Å²) in [5, 5.41) is 1.37. The Morgan fingerprint density at radius 2 is 2.12 bits per heavy atom. The van der Waals surface area contributed by atoms with Crippen molar-refractivity contribution in [2.24, 2.45) is 12.8 Å². The monoisotopic (exact) mass is 216 g/mol. The van der Waals surface area contributed by atoms with Gasteiger partial charge >= 0.3 is 0 Å². The second-order valence-electron chi connectivity index (χ2n) is 4.80. The van der Waals surface area contributed by atoms with Crippen molar-refractivity contribution in [1.29, 1.82) is 0 Å². The molecule has 0 saturated heterocycles. The molecule has 1 atom stereocenters. The molecule has 16 heavy (non-hydrogen) atoms. The Labute approximate surface area is 97.1 Å². The predicted molar refractivity (Wildman–Crippen MR) is 69.6 cm³/mol. The maximum absolute atomic E-state index is 5.81. The molecule has 0 spiro atoms. The zero-order valence-corrected chi connectivity index (χ0v) is 10.3. The maximum atomic E-state index is 5.81. The molecule has 0 amide bonds. The van der Waals surface area contributed by atoms with E-state index in [1.54, 1.807) is 0 Å². The molecule has 1 aromatic heterocycles. The van der Waals surface area contributed by atoms with Crippen molar-refractivity contribution in [2.75, 3.05) is 0 Å². The maximum Gasteiger partial charge on any atom is 0.0483 e. The number of aromatic nitrogens is 1. The van der Waals surface area contributed by atoms with Crippen molar-refractivity contribution < 1.29 is 0 Å². The van der Waals surface area contributed by atoms with Gasteiger partial charge in [0.25, 0.3) is 0 Å². The molecule has 2 rings (SSSR count). The summed E-state index contributed by atoms with van der Waals surface area (Å²) < 4.78 is 2.21. The highest BCUT2D eigenvalue weighted by Gasteiger charge is 2.07. The molecule has 0 unspecified atom stereocenters. The Bertz CT molecular complexity index is 495. The lowest BCUT2D eigenvalue weighted by Gasteiger charge is -2.03. The van der Waals surface area contributed by atoms with E-state index in [9.17, 15) is 0 Å². The largest absolute Gasteiger partial charge is 0.350 e. The number of hydrogen-bond acceptors (Lipinski definition) is 1. The SMILES string of the molecule is Cc1ccc2c(CC[C@@H](C)N)cn(C)c2c1. The van der Waals surface area contributed by atoms with Crippen molar-refractivity contribution in [3.8, 4) is 0 Å². The normalized spacial score (nSPS) is 13.2. The van der Waals surface area contributed by atoms with Crippen molar-refractivity contribution in [3.63, 3.8) is 0 Å². The molecule has 2 aromatic rings. The number of nitrogens with zero attached hydrogens (tertiary/aromatic N) is 1. The van der Waals surface area contributed by atoms with Gasteiger partial charge in [0.2, 0.25) is 0 Å². The molecule has 86 valence electrons. The Kier molecular flexibility index (Phi) is 3.01. The molecule has 1 aromatic carbocycles. The summed E-state index contributed by atoms with van der Waals surface area (Å²) in [6, 6.07) is 6.92. The van der Waals surface area contributed by atoms with Crippen LogP contribution in [-0.4, -0.2) is 10.6 Å². The minimum atomic E-state index is 0.278. The van der Waals surface area contributed by atoms with Gasteiger partial charge in [0.1, 0.15) is 0 Å². The number of fused-ring (bicyclic) bond motifs is 1. The lowest BCUT2D eigenvalue weighted by molar-refractivity contribution is 0.667. The second kappa shape index (κ2) is 4.30. The van der Waals surface area contributed by atoms with Gasteiger partial charge in [-0.25, -0.2) is 0 Å². The second-order valence-corrected chi connectivity index (χ2v) is 4.80. The summed E-state index contributed by atoms with van der Waals surface area (Å²) in [7, 11) is 2.11. The summed E-state index contributed by atoms with van der Waals surface area (Å²) in [4.78, 5) is 0. The zero-order chi connectivity index (χ0) is 11.7. The van der Waals surface area contributed by atoms with E-state index in [1.165, 1.54) is 22.0 Å². The van der Waals surface area contributed by atoms with Crippen molar-refractivity contribution in [1.82, 2.24) is 4.57 Å². The van der Waals surface area contributed by atoms with Crippen LogP contribution in [0.4, 0.5) is 0 Å². The average Bonchev–Trinajstić information content (AvgIpc) is 2.53. The third kappa shape index (κ3) is 2.12. The fourth-order valence-electron chi connectivity index (χ4n) is 2.16. The van der Waals surface area contributed by atoms with E-state index < -0.39 is 0 Å². The molecule has 1 heterocycles. The first-order valence-electron chi connectivity index (χ1n) is 5.88. The fourth-order valence-corrected chi connectivity index (χ4v) is 2.16. The molecule has 0 aliphatic rings. The Morgan fingerprint density at radius 1 is 1.38 bits per heavy atom. The standard InChI is InChI=1S/C14H20N2/c1-10-4-7-13-12(6-5-11(2)15)9-16(3)14(13)8-10/h4,7-9,11H,5-6,15H2,1-3H3/t11-/m1/s1. The van der Waals surface area contributed by atoms with E-state index in [0.717, 1.165) is 12.8 Å². The molecule has 0 saturated carbocycles. The van der Waals surface area contributed by atoms with E-state index in [-0.39, 0.29) is 6.04 Å². The van der Waals surface area contributed by atoms with E-state index in [4.69, 9.17) is 5.73 Å². The molecule has 2 heteroatoms. The number of nitrogens with two attached hydrogens (primary N) is 1. The van der Waals surface area contributed by atoms with E-state index in [0.29, 0.717) is 0 Å². The van der Waals surface area contributed by atoms with Gasteiger partial charge in [-0.05, 0) is 43.9 Å². The number of benzene rings is 1. The summed E-state index contributed by atoms with van der Waals surface area (Å²) in [6.07, 6.45) is 4.34. The van der Waals surface area contributed by atoms with Crippen LogP contribution in [0.25, 0.3) is 10.9 Å². The van der Waals surface area contributed by atoms with Crippen molar-refractivity contribution >= 4 is 10.9 Å². The van der Waals surface area contributed by atoms with Crippen LogP contribution >= 0.6 is 0 Å². The van der Waals surface area contributed by atoms with Gasteiger partial charge in [0, 0.05) is 30.2 Å². The van der Waals surface area contributed by atoms with E-state index in [1.807, 2.05) is 0 Å². The number of rotatable bonds is 3. The molecule has 2 nitrogen and oxygen atoms in total. The first-order chi connectivity index (χ1) is 7.58. The fraction of sp³-hybridized carbons (Fsp3) is 0.429. The van der Waals surface area contributed by atoms with Crippen LogP contribution in [0.15, 0.2) is 24.4 Å². The molecular formula is C14H20N2. The molecule has 0 aliphatic carbocycles. The third-order valence-corrected chi connectivity index (χ3v) is 3.10. The zero-order valence-electron chi connectivity index (χ0n) is 10.3. The van der Waals surface area contributed by atoms with Gasteiger partial charge in [-0.2, -0.15) is 0 Å². The van der Waals surface area contributed by atoms with E-state index in [2.05, 4.69) is 49.9 Å². The van der Waals surface area contributed by atoms with Gasteiger partial charge in [0.05, 0.1) is 0 Å². The molecular weight excluding hydrogens is 196 g/mol. The third-order valence-electron chi connectivity index (χ3n) is 3.10. The first kappa shape index (κ1) is 11.2. The minimum Gasteiger partial charge on any atom is -0.350 e. The quantitative estimate of drug-likeness (QED) is 0.840. The predicted octanol–water partition coefficient (Wildman–Crippen LogP) is 2.77. The van der Waals surface area contributed by atoms with E-state index >= 15 is 0 Å². The highest BCUT2D eigenvalue weighted by Crippen LogP contribution is 2.23. The number of hydrogen-bond donors (Lipinski definition) is 1. The van der Waals surface area contributed by atoms with Gasteiger partial charge in [-0.15, -0.1) is 0 Å². The summed E-state index contributed by atoms with van der Waals surface area (Å²) >= 11 is 0. The molecule has 2 N–H and O–H groups in total. The summed E-state index contributed by atoms with van der Waals surface area (Å²) in [5.41, 5.74) is 9.85. The van der Waals surface area contributed by atoms with Crippen LogP contribution in [0.5, 0.6) is 0 Å². The van der Waals surface area contributed by atoms with Crippen LogP contribution in [0, 0.1) is 6.92 Å². The van der Waals surface area contributed by atoms with Crippen molar-refractivity contribution in [3.05, 3.63) is 35.5 Å². The molecule has 0 bridgehead atoms. The van der Waals surface area contributed by atoms with Crippen LogP contribution in [0.1, 0.15) is 24.5 Å². The van der Waals surface area contributed by atoms with Gasteiger partial charge in [0.15, 0.2) is 0 Å². The highest BCUT2D eigenvalue weighted by molar-refractivity contribution is 5.84. The molecule has 0 aliphatic heterocycles. The Morgan fingerprint density at radius 3 is 2.81 bits per heavy atom. The topological polar surface area (TPSA) is 30.9 Å². The van der Waals surface area contributed by atoms with Gasteiger partial charge in [-0.1, -0.05) is 12.1 Å². The first-order valence-corrected chi connectivity index (χ1v) is 5.88. The lowest BCUT2D eigenvalue weighted by atomic mass is 10.0. The minimum absolute atomic E-state index is 0.278. The summed E-state index contributed by atoms with van der Waals surface area (Å²) in [6.45, 7) is 4.20. The smallest absolute Gasteiger partial charge is 0.0483 e. The van der Waals surface area contributed by atoms with Crippen LogP contribution in [0.2, 0.25) is 0 Å². The highest BCUT2D eigenvalue weighted by atomic mass is 14.9. The number of aryl methyl sites for hydroxylation is 3. The Balaban J connectivity index is 2.39. The Hall–Kier alpha value is -1.28. The van der Waals surface area contributed by atoms with Gasteiger partial charge < -0.3 is 10.3 Å². The molecule has 0 fully saturated rings. The summed E-state index contributed by atoms with van der Waals surface area (Å²) in [5.74, 6) is 0. The van der Waals surface area contributed by atoms with Crippen LogP contribution < -0.4 is 5.73 Å². The molecule has 0 radical (unpaired) electrons. The van der Waals surface area contributed by atoms with Gasteiger partial charge in [-0.3, -0.25) is 0 Å². The average molecular weight is 216 g/mol. The lowest BCUT2D eigenvalue weighted by Crippen LogP contribution is -2.15. The van der Waals surface area contributed by atoms with Crippen molar-refractivity contribution in [2.45, 2.75) is 32.7 Å².